The van der Waals surface area contributed by atoms with E-state index >= 15 is 0 Å². The molecule has 0 unspecified atom stereocenters. The SMILES string of the molecule is CCCCCOc1cc(-c2ccccc2)nc(NSc2ccccc2)n1. The molecule has 134 valence electrons. The van der Waals surface area contributed by atoms with Crippen molar-refractivity contribution in [3.63, 3.8) is 0 Å². The molecule has 1 heterocycles. The fourth-order valence-electron chi connectivity index (χ4n) is 2.42. The van der Waals surface area contributed by atoms with Gasteiger partial charge in [0.05, 0.1) is 12.3 Å². The summed E-state index contributed by atoms with van der Waals surface area (Å²) in [4.78, 5) is 10.2. The van der Waals surface area contributed by atoms with Crippen LogP contribution in [0.2, 0.25) is 0 Å². The van der Waals surface area contributed by atoms with E-state index in [0.717, 1.165) is 29.0 Å². The van der Waals surface area contributed by atoms with Gasteiger partial charge in [-0.05, 0) is 30.5 Å². The average molecular weight is 366 g/mol. The second-order valence-corrected chi connectivity index (χ2v) is 6.73. The van der Waals surface area contributed by atoms with E-state index in [1.807, 2.05) is 66.7 Å². The molecule has 0 bridgehead atoms. The summed E-state index contributed by atoms with van der Waals surface area (Å²) in [5, 5.41) is 0. The van der Waals surface area contributed by atoms with Gasteiger partial charge in [-0.1, -0.05) is 68.3 Å². The molecule has 0 spiro atoms. The van der Waals surface area contributed by atoms with Crippen molar-refractivity contribution in [1.82, 2.24) is 9.97 Å². The minimum Gasteiger partial charge on any atom is -0.478 e. The molecule has 5 heteroatoms. The van der Waals surface area contributed by atoms with Crippen molar-refractivity contribution in [3.8, 4) is 17.1 Å². The van der Waals surface area contributed by atoms with Crippen molar-refractivity contribution in [2.24, 2.45) is 0 Å². The lowest BCUT2D eigenvalue weighted by molar-refractivity contribution is 0.295. The summed E-state index contributed by atoms with van der Waals surface area (Å²) in [6.45, 7) is 2.85. The van der Waals surface area contributed by atoms with Gasteiger partial charge in [-0.2, -0.15) is 4.98 Å². The quantitative estimate of drug-likeness (QED) is 0.382. The highest BCUT2D eigenvalue weighted by Gasteiger charge is 2.08. The predicted molar refractivity (Wildman–Crippen MR) is 108 cm³/mol. The summed E-state index contributed by atoms with van der Waals surface area (Å²) in [7, 11) is 0. The maximum Gasteiger partial charge on any atom is 0.237 e. The minimum absolute atomic E-state index is 0.547. The number of hydrogen-bond donors (Lipinski definition) is 1. The van der Waals surface area contributed by atoms with Crippen molar-refractivity contribution in [1.29, 1.82) is 0 Å². The lowest BCUT2D eigenvalue weighted by atomic mass is 10.1. The number of benzene rings is 2. The summed E-state index contributed by atoms with van der Waals surface area (Å²) < 4.78 is 9.09. The van der Waals surface area contributed by atoms with Crippen molar-refractivity contribution in [2.75, 3.05) is 11.3 Å². The van der Waals surface area contributed by atoms with Crippen molar-refractivity contribution < 1.29 is 4.74 Å². The Kier molecular flexibility index (Phi) is 6.90. The monoisotopic (exact) mass is 365 g/mol. The average Bonchev–Trinajstić information content (AvgIpc) is 2.71. The third-order valence-electron chi connectivity index (χ3n) is 3.77. The zero-order valence-electron chi connectivity index (χ0n) is 14.9. The number of rotatable bonds is 9. The number of anilines is 1. The molecule has 1 N–H and O–H groups in total. The van der Waals surface area contributed by atoms with Gasteiger partial charge in [0, 0.05) is 16.5 Å². The first kappa shape index (κ1) is 18.3. The largest absolute Gasteiger partial charge is 0.478 e. The summed E-state index contributed by atoms with van der Waals surface area (Å²) in [5.41, 5.74) is 1.89. The molecule has 0 amide bonds. The van der Waals surface area contributed by atoms with E-state index < -0.39 is 0 Å². The standard InChI is InChI=1S/C21H23N3OS/c1-2-3-10-15-25-20-16-19(17-11-6-4-7-12-17)22-21(23-20)24-26-18-13-8-5-9-14-18/h4-9,11-14,16H,2-3,10,15H2,1H3,(H,22,23,24). The summed E-state index contributed by atoms with van der Waals surface area (Å²) >= 11 is 1.49. The van der Waals surface area contributed by atoms with Gasteiger partial charge in [0.25, 0.3) is 0 Å². The lowest BCUT2D eigenvalue weighted by Gasteiger charge is -2.10. The van der Waals surface area contributed by atoms with E-state index in [4.69, 9.17) is 4.74 Å². The van der Waals surface area contributed by atoms with Crippen LogP contribution in [0, 0.1) is 0 Å². The number of ether oxygens (including phenoxy) is 1. The van der Waals surface area contributed by atoms with Gasteiger partial charge in [0.15, 0.2) is 0 Å². The molecule has 26 heavy (non-hydrogen) atoms. The Morgan fingerprint density at radius 2 is 1.65 bits per heavy atom. The highest BCUT2D eigenvalue weighted by Crippen LogP contribution is 2.25. The number of aromatic nitrogens is 2. The molecule has 4 nitrogen and oxygen atoms in total. The zero-order valence-corrected chi connectivity index (χ0v) is 15.7. The van der Waals surface area contributed by atoms with Gasteiger partial charge in [0.1, 0.15) is 0 Å². The molecule has 2 aromatic carbocycles. The Hall–Kier alpha value is -2.53. The Bertz CT molecular complexity index is 797. The van der Waals surface area contributed by atoms with Crippen LogP contribution in [-0.2, 0) is 0 Å². The van der Waals surface area contributed by atoms with Crippen LogP contribution in [0.1, 0.15) is 26.2 Å². The van der Waals surface area contributed by atoms with Crippen LogP contribution in [0.5, 0.6) is 5.88 Å². The Morgan fingerprint density at radius 1 is 0.923 bits per heavy atom. The second kappa shape index (κ2) is 9.82. The molecule has 0 aliphatic heterocycles. The first-order valence-electron chi connectivity index (χ1n) is 8.90. The molecule has 3 aromatic rings. The summed E-state index contributed by atoms with van der Waals surface area (Å²) in [5.74, 6) is 1.15. The topological polar surface area (TPSA) is 47.0 Å². The van der Waals surface area contributed by atoms with E-state index in [9.17, 15) is 0 Å². The van der Waals surface area contributed by atoms with Gasteiger partial charge in [0.2, 0.25) is 11.8 Å². The maximum absolute atomic E-state index is 5.86. The third-order valence-corrected chi connectivity index (χ3v) is 4.57. The number of unbranched alkanes of at least 4 members (excludes halogenated alkanes) is 2. The lowest BCUT2D eigenvalue weighted by Crippen LogP contribution is -2.03. The van der Waals surface area contributed by atoms with E-state index in [0.29, 0.717) is 18.4 Å². The predicted octanol–water partition coefficient (Wildman–Crippen LogP) is 5.83. The van der Waals surface area contributed by atoms with Crippen LogP contribution >= 0.6 is 11.9 Å². The summed E-state index contributed by atoms with van der Waals surface area (Å²) in [6.07, 6.45) is 3.36. The van der Waals surface area contributed by atoms with Gasteiger partial charge in [-0.15, -0.1) is 0 Å². The van der Waals surface area contributed by atoms with Gasteiger partial charge in [-0.3, -0.25) is 4.72 Å². The third kappa shape index (κ3) is 5.49. The van der Waals surface area contributed by atoms with Crippen molar-refractivity contribution in [3.05, 3.63) is 66.7 Å². The molecule has 1 aromatic heterocycles. The number of hydrogen-bond acceptors (Lipinski definition) is 5. The smallest absolute Gasteiger partial charge is 0.237 e. The Labute approximate surface area is 159 Å². The van der Waals surface area contributed by atoms with Crippen LogP contribution in [0.3, 0.4) is 0 Å². The van der Waals surface area contributed by atoms with E-state index in [1.165, 1.54) is 18.4 Å². The molecule has 0 saturated heterocycles. The molecule has 0 saturated carbocycles. The van der Waals surface area contributed by atoms with E-state index in [2.05, 4.69) is 21.6 Å². The van der Waals surface area contributed by atoms with Gasteiger partial charge < -0.3 is 4.74 Å². The first-order chi connectivity index (χ1) is 12.8. The van der Waals surface area contributed by atoms with Gasteiger partial charge >= 0.3 is 0 Å². The fraction of sp³-hybridized carbons (Fsp3) is 0.238. The Morgan fingerprint density at radius 3 is 2.38 bits per heavy atom. The van der Waals surface area contributed by atoms with Crippen LogP contribution in [0.25, 0.3) is 11.3 Å². The molecule has 0 aliphatic carbocycles. The molecule has 0 atom stereocenters. The van der Waals surface area contributed by atoms with Crippen LogP contribution < -0.4 is 9.46 Å². The van der Waals surface area contributed by atoms with Crippen molar-refractivity contribution >= 4 is 17.9 Å². The molecular formula is C21H23N3OS. The first-order valence-corrected chi connectivity index (χ1v) is 9.72. The fourth-order valence-corrected chi connectivity index (χ4v) is 3.02. The normalized spacial score (nSPS) is 10.5. The van der Waals surface area contributed by atoms with Crippen LogP contribution in [-0.4, -0.2) is 16.6 Å². The second-order valence-electron chi connectivity index (χ2n) is 5.85. The highest BCUT2D eigenvalue weighted by molar-refractivity contribution is 8.00. The van der Waals surface area contributed by atoms with Gasteiger partial charge in [-0.25, -0.2) is 4.98 Å². The van der Waals surface area contributed by atoms with Crippen molar-refractivity contribution in [2.45, 2.75) is 31.1 Å². The Balaban J connectivity index is 1.77. The number of nitrogens with zero attached hydrogens (tertiary/aromatic N) is 2. The highest BCUT2D eigenvalue weighted by atomic mass is 32.2. The minimum atomic E-state index is 0.547. The zero-order chi connectivity index (χ0) is 18.0. The molecular weight excluding hydrogens is 342 g/mol. The molecule has 3 rings (SSSR count). The molecule has 0 aliphatic rings. The summed E-state index contributed by atoms with van der Waals surface area (Å²) in [6, 6.07) is 22.1. The van der Waals surface area contributed by atoms with E-state index in [-0.39, 0.29) is 0 Å². The van der Waals surface area contributed by atoms with E-state index in [1.54, 1.807) is 0 Å². The molecule has 0 fully saturated rings. The maximum atomic E-state index is 5.86. The molecule has 0 radical (unpaired) electrons. The number of nitrogens with one attached hydrogen (secondary N) is 1. The van der Waals surface area contributed by atoms with Crippen LogP contribution in [0.15, 0.2) is 71.6 Å². The van der Waals surface area contributed by atoms with Crippen LogP contribution in [0.4, 0.5) is 5.95 Å².